The molecule has 2 atom stereocenters. The highest BCUT2D eigenvalue weighted by molar-refractivity contribution is 7.99. The summed E-state index contributed by atoms with van der Waals surface area (Å²) in [5, 5.41) is 3.35. The molecule has 3 rings (SSSR count). The molecule has 3 aliphatic rings. The minimum atomic E-state index is -0.118. The van der Waals surface area contributed by atoms with Crippen LogP contribution in [0.2, 0.25) is 0 Å². The number of rotatable bonds is 2. The molecule has 4 heteroatoms. The van der Waals surface area contributed by atoms with Crippen molar-refractivity contribution in [3.05, 3.63) is 0 Å². The number of ether oxygens (including phenoxy) is 1. The Kier molecular flexibility index (Phi) is 3.93. The van der Waals surface area contributed by atoms with Crippen molar-refractivity contribution >= 4 is 17.5 Å². The van der Waals surface area contributed by atoms with E-state index in [1.165, 1.54) is 11.5 Å². The highest BCUT2D eigenvalue weighted by Crippen LogP contribution is 2.42. The molecule has 19 heavy (non-hydrogen) atoms. The summed E-state index contributed by atoms with van der Waals surface area (Å²) < 4.78 is 6.10. The summed E-state index contributed by atoms with van der Waals surface area (Å²) in [6.07, 6.45) is 5.18. The molecule has 3 fully saturated rings. The van der Waals surface area contributed by atoms with Crippen LogP contribution in [0.15, 0.2) is 0 Å². The fraction of sp³-hybridized carbons (Fsp3) is 0.933. The normalized spacial score (nSPS) is 38.5. The maximum atomic E-state index is 12.8. The Morgan fingerprint density at radius 3 is 2.79 bits per heavy atom. The molecule has 3 saturated heterocycles. The highest BCUT2D eigenvalue weighted by atomic mass is 32.2. The molecule has 3 aliphatic heterocycles. The van der Waals surface area contributed by atoms with Crippen molar-refractivity contribution in [1.82, 2.24) is 5.32 Å². The third kappa shape index (κ3) is 2.72. The molecule has 3 heterocycles. The van der Waals surface area contributed by atoms with Crippen molar-refractivity contribution in [1.29, 1.82) is 0 Å². The van der Waals surface area contributed by atoms with Gasteiger partial charge in [0, 0.05) is 24.5 Å². The summed E-state index contributed by atoms with van der Waals surface area (Å²) in [6, 6.07) is 0. The predicted octanol–water partition coefficient (Wildman–Crippen LogP) is 2.25. The summed E-state index contributed by atoms with van der Waals surface area (Å²) in [7, 11) is 0. The molecule has 0 amide bonds. The van der Waals surface area contributed by atoms with Gasteiger partial charge >= 0.3 is 0 Å². The molecule has 0 saturated carbocycles. The van der Waals surface area contributed by atoms with E-state index in [0.29, 0.717) is 5.78 Å². The Morgan fingerprint density at radius 2 is 2.11 bits per heavy atom. The number of carbonyl (C=O) groups is 1. The quantitative estimate of drug-likeness (QED) is 0.843. The first-order valence-electron chi connectivity index (χ1n) is 7.60. The Labute approximate surface area is 120 Å². The molecule has 0 aromatic heterocycles. The van der Waals surface area contributed by atoms with E-state index in [9.17, 15) is 4.79 Å². The summed E-state index contributed by atoms with van der Waals surface area (Å²) in [5.74, 6) is 3.12. The maximum Gasteiger partial charge on any atom is 0.143 e. The minimum Gasteiger partial charge on any atom is -0.375 e. The lowest BCUT2D eigenvalue weighted by molar-refractivity contribution is -0.145. The Hall–Kier alpha value is -0.0600. The van der Waals surface area contributed by atoms with Crippen LogP contribution in [-0.2, 0) is 9.53 Å². The molecular formula is C15H25NO2S. The zero-order valence-corrected chi connectivity index (χ0v) is 12.7. The Bertz CT molecular complexity index is 341. The second-order valence-corrected chi connectivity index (χ2v) is 7.91. The average Bonchev–Trinajstić information content (AvgIpc) is 2.87. The summed E-state index contributed by atoms with van der Waals surface area (Å²) >= 11 is 2.02. The summed E-state index contributed by atoms with van der Waals surface area (Å²) in [5.41, 5.74) is -0.0845. The predicted molar refractivity (Wildman–Crippen MR) is 78.6 cm³/mol. The minimum absolute atomic E-state index is 0.0339. The van der Waals surface area contributed by atoms with Gasteiger partial charge in [0.25, 0.3) is 0 Å². The van der Waals surface area contributed by atoms with Crippen LogP contribution < -0.4 is 5.32 Å². The fourth-order valence-corrected chi connectivity index (χ4v) is 5.10. The van der Waals surface area contributed by atoms with Crippen LogP contribution in [0.3, 0.4) is 0 Å². The highest BCUT2D eigenvalue weighted by Gasteiger charge is 2.46. The smallest absolute Gasteiger partial charge is 0.143 e. The van der Waals surface area contributed by atoms with E-state index in [1.54, 1.807) is 0 Å². The van der Waals surface area contributed by atoms with Gasteiger partial charge in [-0.15, -0.1) is 0 Å². The zero-order chi connectivity index (χ0) is 13.3. The molecular weight excluding hydrogens is 258 g/mol. The average molecular weight is 283 g/mol. The number of nitrogens with one attached hydrogen (secondary N) is 1. The van der Waals surface area contributed by atoms with Gasteiger partial charge in [-0.2, -0.15) is 11.8 Å². The first-order chi connectivity index (χ1) is 9.14. The number of Topliss-reactive ketones (excluding diaryl/α,β-unsaturated/α-hetero) is 1. The van der Waals surface area contributed by atoms with Crippen molar-refractivity contribution in [2.45, 2.75) is 44.6 Å². The first-order valence-corrected chi connectivity index (χ1v) is 8.76. The second kappa shape index (κ2) is 5.38. The molecule has 1 N–H and O–H groups in total. The van der Waals surface area contributed by atoms with E-state index >= 15 is 0 Å². The van der Waals surface area contributed by atoms with E-state index < -0.39 is 0 Å². The molecule has 108 valence electrons. The van der Waals surface area contributed by atoms with Crippen LogP contribution >= 0.6 is 11.8 Å². The lowest BCUT2D eigenvalue weighted by Crippen LogP contribution is -2.47. The molecule has 0 bridgehead atoms. The topological polar surface area (TPSA) is 38.3 Å². The van der Waals surface area contributed by atoms with E-state index in [2.05, 4.69) is 12.2 Å². The van der Waals surface area contributed by atoms with Gasteiger partial charge in [0.2, 0.25) is 0 Å². The van der Waals surface area contributed by atoms with Gasteiger partial charge < -0.3 is 10.1 Å². The maximum absolute atomic E-state index is 12.8. The van der Waals surface area contributed by atoms with E-state index in [0.717, 1.165) is 51.8 Å². The van der Waals surface area contributed by atoms with E-state index in [4.69, 9.17) is 4.74 Å². The van der Waals surface area contributed by atoms with Gasteiger partial charge in [0.1, 0.15) is 5.78 Å². The molecule has 1 spiro atoms. The van der Waals surface area contributed by atoms with E-state index in [1.807, 2.05) is 11.8 Å². The van der Waals surface area contributed by atoms with Gasteiger partial charge in [-0.3, -0.25) is 4.79 Å². The molecule has 0 aromatic rings. The largest absolute Gasteiger partial charge is 0.375 e. The lowest BCUT2D eigenvalue weighted by Gasteiger charge is -2.44. The molecule has 0 aromatic carbocycles. The third-order valence-corrected chi connectivity index (χ3v) is 6.22. The molecule has 0 radical (unpaired) electrons. The fourth-order valence-electron chi connectivity index (χ4n) is 3.86. The molecule has 3 nitrogen and oxygen atoms in total. The zero-order valence-electron chi connectivity index (χ0n) is 11.9. The van der Waals surface area contributed by atoms with Crippen molar-refractivity contribution in [2.24, 2.45) is 11.3 Å². The first kappa shape index (κ1) is 13.9. The number of ketones is 1. The molecule has 2 unspecified atom stereocenters. The standard InChI is InChI=1S/C15H25NO2S/c1-14(3-6-16-11-14)13(17)12-2-7-18-15(10-12)4-8-19-9-5-15/h12,16H,2-11H2,1H3. The van der Waals surface area contributed by atoms with Crippen LogP contribution in [0, 0.1) is 11.3 Å². The summed E-state index contributed by atoms with van der Waals surface area (Å²) in [4.78, 5) is 12.8. The number of hydrogen-bond donors (Lipinski definition) is 1. The summed E-state index contributed by atoms with van der Waals surface area (Å²) in [6.45, 7) is 4.79. The van der Waals surface area contributed by atoms with Gasteiger partial charge in [-0.25, -0.2) is 0 Å². The number of carbonyl (C=O) groups excluding carboxylic acids is 1. The van der Waals surface area contributed by atoms with Crippen LogP contribution in [0.25, 0.3) is 0 Å². The lowest BCUT2D eigenvalue weighted by atomic mass is 9.72. The van der Waals surface area contributed by atoms with Crippen molar-refractivity contribution < 1.29 is 9.53 Å². The monoisotopic (exact) mass is 283 g/mol. The van der Waals surface area contributed by atoms with Gasteiger partial charge in [-0.1, -0.05) is 6.92 Å². The van der Waals surface area contributed by atoms with E-state index in [-0.39, 0.29) is 16.9 Å². The van der Waals surface area contributed by atoms with Gasteiger partial charge in [0.15, 0.2) is 0 Å². The van der Waals surface area contributed by atoms with Gasteiger partial charge in [0.05, 0.1) is 5.60 Å². The van der Waals surface area contributed by atoms with Crippen LogP contribution in [0.5, 0.6) is 0 Å². The van der Waals surface area contributed by atoms with Crippen LogP contribution in [-0.4, -0.2) is 42.6 Å². The van der Waals surface area contributed by atoms with Crippen LogP contribution in [0.1, 0.15) is 39.0 Å². The van der Waals surface area contributed by atoms with Crippen molar-refractivity contribution in [3.63, 3.8) is 0 Å². The number of thioether (sulfide) groups is 1. The number of hydrogen-bond acceptors (Lipinski definition) is 4. The SMILES string of the molecule is CC1(C(=O)C2CCOC3(CCSCC3)C2)CCNC1. The van der Waals surface area contributed by atoms with Crippen molar-refractivity contribution in [2.75, 3.05) is 31.2 Å². The van der Waals surface area contributed by atoms with Crippen LogP contribution in [0.4, 0.5) is 0 Å². The molecule has 0 aliphatic carbocycles. The Morgan fingerprint density at radius 1 is 1.32 bits per heavy atom. The Balaban J connectivity index is 1.69. The van der Waals surface area contributed by atoms with Gasteiger partial charge in [-0.05, 0) is 50.2 Å². The van der Waals surface area contributed by atoms with Crippen molar-refractivity contribution in [3.8, 4) is 0 Å². The second-order valence-electron chi connectivity index (χ2n) is 6.69. The third-order valence-electron chi connectivity index (χ3n) is 5.23.